The lowest BCUT2D eigenvalue weighted by Gasteiger charge is -2.03. The Hall–Kier alpha value is -1.70. The molecular weight excluding hydrogens is 192 g/mol. The number of isothiocyanates is 1. The van der Waals surface area contributed by atoms with Crippen LogP contribution in [0.15, 0.2) is 47.6 Å². The van der Waals surface area contributed by atoms with Crippen LogP contribution < -0.4 is 5.43 Å². The number of fused-ring (bicyclic) bond motifs is 1. The molecule has 2 rings (SSSR count). The molecular formula is C11H8N2S. The summed E-state index contributed by atoms with van der Waals surface area (Å²) in [6.45, 7) is 0. The molecule has 0 atom stereocenters. The zero-order valence-electron chi connectivity index (χ0n) is 7.40. The maximum absolute atomic E-state index is 4.49. The topological polar surface area (TPSA) is 24.4 Å². The molecule has 0 saturated heterocycles. The molecule has 14 heavy (non-hydrogen) atoms. The summed E-state index contributed by atoms with van der Waals surface area (Å²) in [4.78, 5) is 0. The van der Waals surface area contributed by atoms with Gasteiger partial charge in [-0.15, -0.1) is 5.10 Å². The van der Waals surface area contributed by atoms with Gasteiger partial charge in [0.1, 0.15) is 0 Å². The van der Waals surface area contributed by atoms with Crippen LogP contribution in [0.4, 0.5) is 5.69 Å². The molecule has 0 aliphatic heterocycles. The first-order chi connectivity index (χ1) is 6.92. The molecule has 0 heterocycles. The van der Waals surface area contributed by atoms with Crippen molar-refractivity contribution < 1.29 is 0 Å². The summed E-state index contributed by atoms with van der Waals surface area (Å²) in [5, 5.41) is 8.29. The lowest BCUT2D eigenvalue weighted by molar-refractivity contribution is 1.38. The van der Waals surface area contributed by atoms with Gasteiger partial charge >= 0.3 is 0 Å². The summed E-state index contributed by atoms with van der Waals surface area (Å²) in [6, 6.07) is 14.1. The van der Waals surface area contributed by atoms with E-state index in [2.05, 4.69) is 40.0 Å². The fraction of sp³-hybridized carbons (Fsp3) is 0. The summed E-state index contributed by atoms with van der Waals surface area (Å²) < 4.78 is 0. The third kappa shape index (κ3) is 1.64. The Labute approximate surface area is 87.3 Å². The van der Waals surface area contributed by atoms with E-state index in [9.17, 15) is 0 Å². The second-order valence-electron chi connectivity index (χ2n) is 2.84. The van der Waals surface area contributed by atoms with E-state index < -0.39 is 0 Å². The smallest absolute Gasteiger partial charge is 0.0848 e. The van der Waals surface area contributed by atoms with Crippen LogP contribution in [0.3, 0.4) is 0 Å². The molecule has 0 unspecified atom stereocenters. The van der Waals surface area contributed by atoms with Crippen LogP contribution in [-0.2, 0) is 0 Å². The van der Waals surface area contributed by atoms with Crippen molar-refractivity contribution in [1.82, 2.24) is 0 Å². The van der Waals surface area contributed by atoms with Crippen LogP contribution in [0, 0.1) is 0 Å². The first-order valence-corrected chi connectivity index (χ1v) is 4.63. The summed E-state index contributed by atoms with van der Waals surface area (Å²) >= 11 is 4.49. The summed E-state index contributed by atoms with van der Waals surface area (Å²) in [7, 11) is 0. The summed E-state index contributed by atoms with van der Waals surface area (Å²) in [5.74, 6) is 0. The number of nitrogens with one attached hydrogen (secondary N) is 1. The molecule has 1 N–H and O–H groups in total. The second-order valence-corrected chi connectivity index (χ2v) is 3.02. The fourth-order valence-corrected chi connectivity index (χ4v) is 1.45. The molecule has 0 saturated carbocycles. The van der Waals surface area contributed by atoms with Gasteiger partial charge in [-0.25, -0.2) is 0 Å². The molecule has 2 aromatic rings. The van der Waals surface area contributed by atoms with E-state index in [1.54, 1.807) is 0 Å². The van der Waals surface area contributed by atoms with Gasteiger partial charge in [0.05, 0.1) is 10.8 Å². The fourth-order valence-electron chi connectivity index (χ4n) is 1.41. The first-order valence-electron chi connectivity index (χ1n) is 4.22. The van der Waals surface area contributed by atoms with Crippen molar-refractivity contribution in [3.05, 3.63) is 42.5 Å². The molecule has 0 aromatic heterocycles. The third-order valence-corrected chi connectivity index (χ3v) is 2.10. The molecule has 0 bridgehead atoms. The van der Waals surface area contributed by atoms with Crippen LogP contribution in [0.1, 0.15) is 0 Å². The number of benzene rings is 2. The van der Waals surface area contributed by atoms with Crippen LogP contribution in [0.5, 0.6) is 0 Å². The van der Waals surface area contributed by atoms with E-state index in [1.807, 2.05) is 30.3 Å². The number of anilines is 1. The average Bonchev–Trinajstić information content (AvgIpc) is 2.26. The van der Waals surface area contributed by atoms with E-state index in [0.29, 0.717) is 0 Å². The van der Waals surface area contributed by atoms with Gasteiger partial charge in [0.15, 0.2) is 0 Å². The predicted molar refractivity (Wildman–Crippen MR) is 62.6 cm³/mol. The number of thiocarbonyl (C=S) groups is 1. The minimum atomic E-state index is 0.945. The second kappa shape index (κ2) is 4.01. The highest BCUT2D eigenvalue weighted by molar-refractivity contribution is 7.78. The minimum Gasteiger partial charge on any atom is -0.269 e. The van der Waals surface area contributed by atoms with E-state index >= 15 is 0 Å². The highest BCUT2D eigenvalue weighted by atomic mass is 32.1. The van der Waals surface area contributed by atoms with Gasteiger partial charge in [-0.2, -0.15) is 0 Å². The van der Waals surface area contributed by atoms with Gasteiger partial charge in [-0.05, 0) is 23.7 Å². The van der Waals surface area contributed by atoms with Crippen molar-refractivity contribution in [2.24, 2.45) is 5.10 Å². The van der Waals surface area contributed by atoms with Crippen molar-refractivity contribution in [2.75, 3.05) is 5.43 Å². The van der Waals surface area contributed by atoms with E-state index in [0.717, 1.165) is 11.1 Å². The molecule has 0 amide bonds. The molecule has 3 heteroatoms. The third-order valence-electron chi connectivity index (χ3n) is 2.01. The van der Waals surface area contributed by atoms with Crippen molar-refractivity contribution in [3.63, 3.8) is 0 Å². The molecule has 0 aliphatic carbocycles. The molecule has 0 aliphatic rings. The maximum Gasteiger partial charge on any atom is 0.0848 e. The van der Waals surface area contributed by atoms with Crippen LogP contribution >= 0.6 is 12.2 Å². The van der Waals surface area contributed by atoms with Gasteiger partial charge < -0.3 is 0 Å². The molecule has 0 radical (unpaired) electrons. The average molecular weight is 200 g/mol. The van der Waals surface area contributed by atoms with Gasteiger partial charge in [-0.1, -0.05) is 36.4 Å². The van der Waals surface area contributed by atoms with E-state index in [4.69, 9.17) is 0 Å². The molecule has 0 fully saturated rings. The van der Waals surface area contributed by atoms with Crippen LogP contribution in [-0.4, -0.2) is 5.16 Å². The Morgan fingerprint density at radius 3 is 2.71 bits per heavy atom. The zero-order chi connectivity index (χ0) is 9.80. The number of rotatable bonds is 2. The lowest BCUT2D eigenvalue weighted by Crippen LogP contribution is -1.87. The largest absolute Gasteiger partial charge is 0.269 e. The quantitative estimate of drug-likeness (QED) is 0.457. The summed E-state index contributed by atoms with van der Waals surface area (Å²) in [6.07, 6.45) is 0. The Bertz CT molecular complexity index is 496. The van der Waals surface area contributed by atoms with Crippen molar-refractivity contribution in [3.8, 4) is 0 Å². The standard InChI is InChI=1S/C11H8N2S/c14-8-12-13-11-7-3-5-9-4-1-2-6-10(9)11/h1-7,13H. The van der Waals surface area contributed by atoms with Gasteiger partial charge in [-0.3, -0.25) is 5.43 Å². The Morgan fingerprint density at radius 2 is 1.86 bits per heavy atom. The Morgan fingerprint density at radius 1 is 1.07 bits per heavy atom. The number of hydrogen-bond donors (Lipinski definition) is 1. The van der Waals surface area contributed by atoms with Crippen molar-refractivity contribution >= 4 is 33.8 Å². The van der Waals surface area contributed by atoms with Gasteiger partial charge in [0.25, 0.3) is 0 Å². The summed E-state index contributed by atoms with van der Waals surface area (Å²) in [5.41, 5.74) is 3.79. The highest BCUT2D eigenvalue weighted by Crippen LogP contribution is 2.22. The number of nitrogens with zero attached hydrogens (tertiary/aromatic N) is 1. The molecule has 0 spiro atoms. The monoisotopic (exact) mass is 200 g/mol. The van der Waals surface area contributed by atoms with E-state index in [-0.39, 0.29) is 0 Å². The first kappa shape index (κ1) is 8.88. The number of hydrogen-bond acceptors (Lipinski definition) is 3. The lowest BCUT2D eigenvalue weighted by atomic mass is 10.1. The minimum absolute atomic E-state index is 0.945. The maximum atomic E-state index is 4.49. The predicted octanol–water partition coefficient (Wildman–Crippen LogP) is 3.27. The van der Waals surface area contributed by atoms with Crippen molar-refractivity contribution in [1.29, 1.82) is 0 Å². The van der Waals surface area contributed by atoms with Gasteiger partial charge in [0.2, 0.25) is 0 Å². The highest BCUT2D eigenvalue weighted by Gasteiger charge is 1.96. The Kier molecular flexibility index (Phi) is 2.54. The van der Waals surface area contributed by atoms with Crippen molar-refractivity contribution in [2.45, 2.75) is 0 Å². The normalized spacial score (nSPS) is 9.43. The van der Waals surface area contributed by atoms with Gasteiger partial charge in [0, 0.05) is 5.39 Å². The van der Waals surface area contributed by atoms with Crippen LogP contribution in [0.2, 0.25) is 0 Å². The Balaban J connectivity index is 2.58. The molecule has 2 nitrogen and oxygen atoms in total. The molecule has 2 aromatic carbocycles. The SMILES string of the molecule is S=C=NNc1cccc2ccccc12. The van der Waals surface area contributed by atoms with E-state index in [1.165, 1.54) is 5.39 Å². The molecule has 68 valence electrons. The number of hydrazone groups is 1. The zero-order valence-corrected chi connectivity index (χ0v) is 8.21. The van der Waals surface area contributed by atoms with Crippen LogP contribution in [0.25, 0.3) is 10.8 Å².